The second-order valence-electron chi connectivity index (χ2n) is 7.62. The molecular formula is C23H36N4O2. The van der Waals surface area contributed by atoms with E-state index in [4.69, 9.17) is 5.73 Å². The molecule has 3 rings (SSSR count). The van der Waals surface area contributed by atoms with Crippen LogP contribution in [0.15, 0.2) is 36.5 Å². The lowest BCUT2D eigenvalue weighted by molar-refractivity contribution is -0.137. The minimum atomic E-state index is -0.476. The predicted octanol–water partition coefficient (Wildman–Crippen LogP) is 2.61. The first-order valence-corrected chi connectivity index (χ1v) is 10.8. The molecule has 1 unspecified atom stereocenters. The molecule has 2 fully saturated rings. The lowest BCUT2D eigenvalue weighted by Gasteiger charge is -2.32. The summed E-state index contributed by atoms with van der Waals surface area (Å²) in [5.74, 6) is -0.278. The Morgan fingerprint density at radius 3 is 2.69 bits per heavy atom. The third kappa shape index (κ3) is 5.82. The maximum Gasteiger partial charge on any atom is 0.245 e. The van der Waals surface area contributed by atoms with Crippen molar-refractivity contribution in [3.05, 3.63) is 47.7 Å². The summed E-state index contributed by atoms with van der Waals surface area (Å²) in [4.78, 5) is 26.8. The number of nitrogens with zero attached hydrogens (tertiary/aromatic N) is 1. The quantitative estimate of drug-likeness (QED) is 0.685. The summed E-state index contributed by atoms with van der Waals surface area (Å²) >= 11 is 0. The van der Waals surface area contributed by atoms with Crippen molar-refractivity contribution in [1.29, 1.82) is 0 Å². The molecule has 0 radical (unpaired) electrons. The highest BCUT2D eigenvalue weighted by Crippen LogP contribution is 2.34. The zero-order valence-corrected chi connectivity index (χ0v) is 18.0. The van der Waals surface area contributed by atoms with Crippen LogP contribution >= 0.6 is 0 Å². The molecule has 0 aromatic heterocycles. The Morgan fingerprint density at radius 2 is 2.00 bits per heavy atom. The van der Waals surface area contributed by atoms with Crippen LogP contribution in [0.4, 0.5) is 0 Å². The van der Waals surface area contributed by atoms with Crippen molar-refractivity contribution in [2.45, 2.75) is 77.5 Å². The monoisotopic (exact) mass is 400 g/mol. The molecule has 0 aliphatic carbocycles. The second-order valence-corrected chi connectivity index (χ2v) is 7.62. The van der Waals surface area contributed by atoms with Crippen molar-refractivity contribution in [3.63, 3.8) is 0 Å². The van der Waals surface area contributed by atoms with Crippen LogP contribution < -0.4 is 16.4 Å². The molecular weight excluding hydrogens is 364 g/mol. The molecule has 6 heteroatoms. The molecule has 29 heavy (non-hydrogen) atoms. The topological polar surface area (TPSA) is 87.5 Å². The fourth-order valence-corrected chi connectivity index (χ4v) is 4.25. The normalized spacial score (nSPS) is 23.4. The number of fused-ring (bicyclic) bond motifs is 1. The molecule has 2 aliphatic heterocycles. The number of hydrogen-bond acceptors (Lipinski definition) is 4. The first-order chi connectivity index (χ1) is 14.0. The molecule has 0 bridgehead atoms. The lowest BCUT2D eigenvalue weighted by Crippen LogP contribution is -2.52. The third-order valence-corrected chi connectivity index (χ3v) is 5.61. The van der Waals surface area contributed by atoms with Crippen LogP contribution in [-0.4, -0.2) is 41.4 Å². The molecule has 1 aromatic rings. The molecule has 2 heterocycles. The first-order valence-electron chi connectivity index (χ1n) is 10.8. The van der Waals surface area contributed by atoms with Crippen LogP contribution in [0.3, 0.4) is 0 Å². The van der Waals surface area contributed by atoms with Crippen molar-refractivity contribution in [2.24, 2.45) is 5.73 Å². The van der Waals surface area contributed by atoms with Gasteiger partial charge in [0.15, 0.2) is 0 Å². The van der Waals surface area contributed by atoms with E-state index in [9.17, 15) is 9.59 Å². The Balaban J connectivity index is 0.00000145. The van der Waals surface area contributed by atoms with E-state index in [-0.39, 0.29) is 30.4 Å². The Kier molecular flexibility index (Phi) is 8.70. The lowest BCUT2D eigenvalue weighted by atomic mass is 10.1. The van der Waals surface area contributed by atoms with Crippen molar-refractivity contribution < 1.29 is 9.59 Å². The zero-order chi connectivity index (χ0) is 21.4. The van der Waals surface area contributed by atoms with Gasteiger partial charge in [0.05, 0.1) is 12.6 Å². The molecule has 0 saturated carbocycles. The molecule has 4 N–H and O–H groups in total. The van der Waals surface area contributed by atoms with E-state index >= 15 is 0 Å². The van der Waals surface area contributed by atoms with E-state index in [1.54, 1.807) is 0 Å². The van der Waals surface area contributed by atoms with Crippen LogP contribution in [0.5, 0.6) is 0 Å². The van der Waals surface area contributed by atoms with E-state index in [0.717, 1.165) is 31.4 Å². The maximum absolute atomic E-state index is 13.1. The molecule has 2 amide bonds. The largest absolute Gasteiger partial charge is 0.383 e. The van der Waals surface area contributed by atoms with Crippen LogP contribution in [0.1, 0.15) is 57.1 Å². The van der Waals surface area contributed by atoms with Gasteiger partial charge in [0.2, 0.25) is 11.8 Å². The number of nitrogens with one attached hydrogen (secondary N) is 2. The fraction of sp³-hybridized carbons (Fsp3) is 0.565. The van der Waals surface area contributed by atoms with E-state index in [1.807, 2.05) is 24.8 Å². The van der Waals surface area contributed by atoms with Crippen molar-refractivity contribution in [2.75, 3.05) is 6.54 Å². The minimum Gasteiger partial charge on any atom is -0.383 e. The van der Waals surface area contributed by atoms with Crippen LogP contribution in [0.2, 0.25) is 0 Å². The maximum atomic E-state index is 13.1. The van der Waals surface area contributed by atoms with Gasteiger partial charge >= 0.3 is 0 Å². The highest BCUT2D eigenvalue weighted by atomic mass is 16.2. The van der Waals surface area contributed by atoms with Crippen molar-refractivity contribution >= 4 is 11.8 Å². The predicted molar refractivity (Wildman–Crippen MR) is 117 cm³/mol. The number of nitrogens with two attached hydrogens (primary N) is 1. The van der Waals surface area contributed by atoms with Gasteiger partial charge in [-0.1, -0.05) is 50.3 Å². The average Bonchev–Trinajstić information content (AvgIpc) is 3.09. The van der Waals surface area contributed by atoms with E-state index in [0.29, 0.717) is 13.0 Å². The second kappa shape index (κ2) is 11.0. The van der Waals surface area contributed by atoms with E-state index < -0.39 is 6.04 Å². The number of hydrogen-bond donors (Lipinski definition) is 3. The molecule has 2 aliphatic rings. The Hall–Kier alpha value is -2.34. The van der Waals surface area contributed by atoms with Crippen molar-refractivity contribution in [1.82, 2.24) is 15.5 Å². The van der Waals surface area contributed by atoms with Gasteiger partial charge in [-0.3, -0.25) is 9.59 Å². The molecule has 160 valence electrons. The molecule has 3 atom stereocenters. The number of carbonyl (C=O) groups excluding carboxylic acids is 2. The van der Waals surface area contributed by atoms with Gasteiger partial charge in [0.25, 0.3) is 0 Å². The molecule has 2 saturated heterocycles. The highest BCUT2D eigenvalue weighted by Gasteiger charge is 2.42. The third-order valence-electron chi connectivity index (χ3n) is 5.61. The van der Waals surface area contributed by atoms with Gasteiger partial charge in [-0.2, -0.15) is 0 Å². The Bertz CT molecular complexity index is 719. The van der Waals surface area contributed by atoms with Crippen LogP contribution in [0, 0.1) is 6.92 Å². The fourth-order valence-electron chi connectivity index (χ4n) is 4.25. The summed E-state index contributed by atoms with van der Waals surface area (Å²) in [7, 11) is 0. The average molecular weight is 401 g/mol. The number of aryl methyl sites for hydroxylation is 1. The smallest absolute Gasteiger partial charge is 0.245 e. The summed E-state index contributed by atoms with van der Waals surface area (Å²) in [6.07, 6.45) is 4.47. The van der Waals surface area contributed by atoms with Crippen molar-refractivity contribution in [3.8, 4) is 0 Å². The Labute approximate surface area is 174 Å². The summed E-state index contributed by atoms with van der Waals surface area (Å²) in [5, 5.41) is 6.20. The SMILES string of the molecule is C=C(NCc1cccc(C)c1)[C@@H]1CCC2CCC[C@H](NC(=O)CN)C(=O)N21.CC. The molecule has 1 aromatic carbocycles. The van der Waals surface area contributed by atoms with E-state index in [1.165, 1.54) is 11.1 Å². The summed E-state index contributed by atoms with van der Waals surface area (Å²) in [6.45, 7) is 10.9. The number of amides is 2. The van der Waals surface area contributed by atoms with Gasteiger partial charge in [0.1, 0.15) is 6.04 Å². The van der Waals surface area contributed by atoms with Gasteiger partial charge in [0, 0.05) is 18.3 Å². The minimum absolute atomic E-state index is 0.000283. The highest BCUT2D eigenvalue weighted by molar-refractivity contribution is 5.89. The van der Waals surface area contributed by atoms with Gasteiger partial charge in [-0.05, 0) is 44.6 Å². The summed E-state index contributed by atoms with van der Waals surface area (Å²) < 4.78 is 0. The zero-order valence-electron chi connectivity index (χ0n) is 18.0. The Morgan fingerprint density at radius 1 is 1.24 bits per heavy atom. The van der Waals surface area contributed by atoms with Gasteiger partial charge < -0.3 is 21.3 Å². The van der Waals surface area contributed by atoms with Gasteiger partial charge in [-0.25, -0.2) is 0 Å². The van der Waals surface area contributed by atoms with Crippen LogP contribution in [0.25, 0.3) is 0 Å². The number of carbonyl (C=O) groups is 2. The van der Waals surface area contributed by atoms with E-state index in [2.05, 4.69) is 42.3 Å². The molecule has 0 spiro atoms. The summed E-state index contributed by atoms with van der Waals surface area (Å²) in [6, 6.07) is 8.08. The standard InChI is InChI=1S/C21H30N4O2.C2H6/c1-14-5-3-6-16(11-14)13-23-15(2)19-10-9-17-7-4-8-18(21(27)25(17)19)24-20(26)12-22;1-2/h3,5-6,11,17-19,23H,2,4,7-10,12-13,22H2,1H3,(H,24,26);1-2H3/t17?,18-,19-;/m0./s1. The summed E-state index contributed by atoms with van der Waals surface area (Å²) in [5.41, 5.74) is 8.69. The number of benzene rings is 1. The first kappa shape index (κ1) is 22.9. The number of rotatable bonds is 6. The van der Waals surface area contributed by atoms with Crippen LogP contribution in [-0.2, 0) is 16.1 Å². The molecule has 6 nitrogen and oxygen atoms in total. The van der Waals surface area contributed by atoms with Gasteiger partial charge in [-0.15, -0.1) is 0 Å².